The van der Waals surface area contributed by atoms with E-state index in [0.717, 1.165) is 5.56 Å². The molecule has 0 radical (unpaired) electrons. The second-order valence-electron chi connectivity index (χ2n) is 3.04. The largest absolute Gasteiger partial charge is 0.419 e. The number of nitrogens with zero attached hydrogens (tertiary/aromatic N) is 2. The molecular formula is C10H10ClN3O. The third-order valence-corrected chi connectivity index (χ3v) is 2.10. The first-order valence-electron chi connectivity index (χ1n) is 4.52. The van der Waals surface area contributed by atoms with Crippen LogP contribution in [0.2, 0.25) is 5.02 Å². The Kier molecular flexibility index (Phi) is 2.99. The van der Waals surface area contributed by atoms with Crippen LogP contribution in [0.1, 0.15) is 5.89 Å². The van der Waals surface area contributed by atoms with Crippen molar-refractivity contribution in [3.05, 3.63) is 35.2 Å². The Labute approximate surface area is 92.3 Å². The summed E-state index contributed by atoms with van der Waals surface area (Å²) in [4.78, 5) is 0. The van der Waals surface area contributed by atoms with Gasteiger partial charge in [-0.1, -0.05) is 17.7 Å². The fraction of sp³-hybridized carbons (Fsp3) is 0.200. The minimum atomic E-state index is 0.489. The van der Waals surface area contributed by atoms with Crippen LogP contribution in [0.3, 0.4) is 0 Å². The first-order chi connectivity index (χ1) is 7.29. The summed E-state index contributed by atoms with van der Waals surface area (Å²) < 4.78 is 5.42. The molecule has 0 bridgehead atoms. The summed E-state index contributed by atoms with van der Waals surface area (Å²) in [6, 6.07) is 7.32. The minimum absolute atomic E-state index is 0.489. The molecule has 5 heteroatoms. The van der Waals surface area contributed by atoms with E-state index in [-0.39, 0.29) is 0 Å². The molecule has 15 heavy (non-hydrogen) atoms. The molecule has 2 rings (SSSR count). The molecule has 0 aliphatic carbocycles. The van der Waals surface area contributed by atoms with E-state index in [2.05, 4.69) is 15.5 Å². The van der Waals surface area contributed by atoms with Crippen molar-refractivity contribution >= 4 is 11.6 Å². The van der Waals surface area contributed by atoms with Crippen LogP contribution in [0.5, 0.6) is 0 Å². The Balaban J connectivity index is 2.29. The highest BCUT2D eigenvalue weighted by atomic mass is 35.5. The van der Waals surface area contributed by atoms with E-state index in [1.165, 1.54) is 0 Å². The van der Waals surface area contributed by atoms with Crippen molar-refractivity contribution < 1.29 is 4.42 Å². The molecule has 0 saturated carbocycles. The number of rotatable bonds is 3. The molecule has 78 valence electrons. The maximum Gasteiger partial charge on any atom is 0.247 e. The molecule has 0 atom stereocenters. The standard InChI is InChI=1S/C10H10ClN3O/c1-12-6-9-13-14-10(15-9)7-3-2-4-8(11)5-7/h2-5,12H,6H2,1H3. The summed E-state index contributed by atoms with van der Waals surface area (Å²) in [7, 11) is 1.82. The van der Waals surface area contributed by atoms with Crippen LogP contribution in [0, 0.1) is 0 Å². The molecule has 2 aromatic rings. The molecule has 0 spiro atoms. The van der Waals surface area contributed by atoms with Gasteiger partial charge in [0.15, 0.2) is 0 Å². The van der Waals surface area contributed by atoms with Gasteiger partial charge in [-0.05, 0) is 25.2 Å². The van der Waals surface area contributed by atoms with E-state index in [4.69, 9.17) is 16.0 Å². The van der Waals surface area contributed by atoms with Crippen LogP contribution in [-0.4, -0.2) is 17.2 Å². The van der Waals surface area contributed by atoms with Crippen LogP contribution < -0.4 is 5.32 Å². The SMILES string of the molecule is CNCc1nnc(-c2cccc(Cl)c2)o1. The number of hydrogen-bond acceptors (Lipinski definition) is 4. The van der Waals surface area contributed by atoms with Gasteiger partial charge in [-0.3, -0.25) is 0 Å². The normalized spacial score (nSPS) is 10.5. The topological polar surface area (TPSA) is 51.0 Å². The molecule has 0 amide bonds. The Morgan fingerprint density at radius 3 is 3.00 bits per heavy atom. The summed E-state index contributed by atoms with van der Waals surface area (Å²) in [5, 5.41) is 11.4. The van der Waals surface area contributed by atoms with Gasteiger partial charge in [0.2, 0.25) is 11.8 Å². The predicted molar refractivity (Wildman–Crippen MR) is 57.5 cm³/mol. The molecule has 0 fully saturated rings. The molecule has 1 heterocycles. The van der Waals surface area contributed by atoms with Crippen molar-refractivity contribution in [2.45, 2.75) is 6.54 Å². The maximum absolute atomic E-state index is 5.86. The van der Waals surface area contributed by atoms with Crippen LogP contribution in [-0.2, 0) is 6.54 Å². The average Bonchev–Trinajstić information content (AvgIpc) is 2.67. The van der Waals surface area contributed by atoms with Gasteiger partial charge in [0.05, 0.1) is 6.54 Å². The molecule has 1 aromatic heterocycles. The summed E-state index contributed by atoms with van der Waals surface area (Å²) >= 11 is 5.86. The zero-order valence-electron chi connectivity index (χ0n) is 8.20. The lowest BCUT2D eigenvalue weighted by Gasteiger charge is -1.94. The van der Waals surface area contributed by atoms with Crippen molar-refractivity contribution in [2.75, 3.05) is 7.05 Å². The van der Waals surface area contributed by atoms with Gasteiger partial charge < -0.3 is 9.73 Å². The Bertz CT molecular complexity index is 455. The smallest absolute Gasteiger partial charge is 0.247 e. The number of nitrogens with one attached hydrogen (secondary N) is 1. The second-order valence-corrected chi connectivity index (χ2v) is 3.48. The van der Waals surface area contributed by atoms with Crippen LogP contribution in [0.15, 0.2) is 28.7 Å². The van der Waals surface area contributed by atoms with Crippen molar-refractivity contribution in [2.24, 2.45) is 0 Å². The highest BCUT2D eigenvalue weighted by molar-refractivity contribution is 6.30. The monoisotopic (exact) mass is 223 g/mol. The zero-order chi connectivity index (χ0) is 10.7. The molecule has 4 nitrogen and oxygen atoms in total. The van der Waals surface area contributed by atoms with Gasteiger partial charge in [0.1, 0.15) is 0 Å². The van der Waals surface area contributed by atoms with E-state index in [1.54, 1.807) is 12.1 Å². The van der Waals surface area contributed by atoms with E-state index < -0.39 is 0 Å². The maximum atomic E-state index is 5.86. The lowest BCUT2D eigenvalue weighted by molar-refractivity contribution is 0.490. The summed E-state index contributed by atoms with van der Waals surface area (Å²) in [6.45, 7) is 0.563. The van der Waals surface area contributed by atoms with Crippen molar-refractivity contribution in [1.82, 2.24) is 15.5 Å². The zero-order valence-corrected chi connectivity index (χ0v) is 8.95. The molecule has 1 aromatic carbocycles. The van der Waals surface area contributed by atoms with Gasteiger partial charge in [0.25, 0.3) is 0 Å². The molecule has 0 saturated heterocycles. The lowest BCUT2D eigenvalue weighted by atomic mass is 10.2. The van der Waals surface area contributed by atoms with Crippen LogP contribution in [0.25, 0.3) is 11.5 Å². The van der Waals surface area contributed by atoms with Crippen molar-refractivity contribution in [3.63, 3.8) is 0 Å². The highest BCUT2D eigenvalue weighted by Gasteiger charge is 2.07. The lowest BCUT2D eigenvalue weighted by Crippen LogP contribution is -2.04. The number of aromatic nitrogens is 2. The summed E-state index contributed by atoms with van der Waals surface area (Å²) in [6.07, 6.45) is 0. The van der Waals surface area contributed by atoms with E-state index >= 15 is 0 Å². The fourth-order valence-corrected chi connectivity index (χ4v) is 1.40. The van der Waals surface area contributed by atoms with Crippen LogP contribution >= 0.6 is 11.6 Å². The Morgan fingerprint density at radius 1 is 1.40 bits per heavy atom. The third kappa shape index (κ3) is 2.34. The summed E-state index contributed by atoms with van der Waals surface area (Å²) in [5.41, 5.74) is 0.831. The molecule has 0 unspecified atom stereocenters. The molecule has 1 N–H and O–H groups in total. The highest BCUT2D eigenvalue weighted by Crippen LogP contribution is 2.21. The third-order valence-electron chi connectivity index (χ3n) is 1.87. The average molecular weight is 224 g/mol. The van der Waals surface area contributed by atoms with Gasteiger partial charge in [-0.25, -0.2) is 0 Å². The van der Waals surface area contributed by atoms with Gasteiger partial charge in [-0.2, -0.15) is 0 Å². The quantitative estimate of drug-likeness (QED) is 0.866. The van der Waals surface area contributed by atoms with Gasteiger partial charge in [0, 0.05) is 10.6 Å². The van der Waals surface area contributed by atoms with Crippen molar-refractivity contribution in [3.8, 4) is 11.5 Å². The second kappa shape index (κ2) is 4.42. The fourth-order valence-electron chi connectivity index (χ4n) is 1.21. The molecular weight excluding hydrogens is 214 g/mol. The van der Waals surface area contributed by atoms with E-state index in [1.807, 2.05) is 19.2 Å². The van der Waals surface area contributed by atoms with E-state index in [0.29, 0.717) is 23.3 Å². The first kappa shape index (κ1) is 10.1. The number of hydrogen-bond donors (Lipinski definition) is 1. The van der Waals surface area contributed by atoms with Crippen molar-refractivity contribution in [1.29, 1.82) is 0 Å². The molecule has 0 aliphatic heterocycles. The molecule has 0 aliphatic rings. The Morgan fingerprint density at radius 2 is 2.27 bits per heavy atom. The number of halogens is 1. The predicted octanol–water partition coefficient (Wildman–Crippen LogP) is 2.11. The van der Waals surface area contributed by atoms with Gasteiger partial charge >= 0.3 is 0 Å². The summed E-state index contributed by atoms with van der Waals surface area (Å²) in [5.74, 6) is 1.05. The Hall–Kier alpha value is -1.39. The van der Waals surface area contributed by atoms with Crippen LogP contribution in [0.4, 0.5) is 0 Å². The minimum Gasteiger partial charge on any atom is -0.419 e. The first-order valence-corrected chi connectivity index (χ1v) is 4.90. The van der Waals surface area contributed by atoms with Gasteiger partial charge in [-0.15, -0.1) is 10.2 Å². The van der Waals surface area contributed by atoms with E-state index in [9.17, 15) is 0 Å². The number of benzene rings is 1.